The molecule has 0 spiro atoms. The molecular weight excluding hydrogens is 340 g/mol. The molecule has 0 aliphatic heterocycles. The summed E-state index contributed by atoms with van der Waals surface area (Å²) in [5.74, 6) is -1.45. The fourth-order valence-corrected chi connectivity index (χ4v) is 1.85. The Kier molecular flexibility index (Phi) is 5.66. The number of esters is 2. The molecule has 0 amide bonds. The van der Waals surface area contributed by atoms with E-state index in [1.165, 1.54) is 13.0 Å². The van der Waals surface area contributed by atoms with E-state index in [0.29, 0.717) is 4.47 Å². The first-order chi connectivity index (χ1) is 9.60. The lowest BCUT2D eigenvalue weighted by Gasteiger charge is -2.20. The van der Waals surface area contributed by atoms with E-state index in [-0.39, 0.29) is 23.5 Å². The van der Waals surface area contributed by atoms with Crippen LogP contribution in [0.25, 0.3) is 0 Å². The normalized spacial score (nSPS) is 10.9. The summed E-state index contributed by atoms with van der Waals surface area (Å²) < 4.78 is 10.5. The van der Waals surface area contributed by atoms with E-state index in [1.807, 2.05) is 0 Å². The molecule has 1 aromatic rings. The van der Waals surface area contributed by atoms with E-state index in [0.717, 1.165) is 0 Å². The first-order valence-corrected chi connectivity index (χ1v) is 7.09. The minimum absolute atomic E-state index is 0.249. The van der Waals surface area contributed by atoms with Gasteiger partial charge in [-0.3, -0.25) is 9.59 Å². The van der Waals surface area contributed by atoms with Crippen molar-refractivity contribution in [1.82, 2.24) is 0 Å². The summed E-state index contributed by atoms with van der Waals surface area (Å²) >= 11 is 3.25. The number of Topliss-reactive ketones (excluding diaryl/α,β-unsaturated/α-hetero) is 1. The fourth-order valence-electron chi connectivity index (χ4n) is 1.44. The molecule has 0 radical (unpaired) electrons. The maximum atomic E-state index is 12.1. The van der Waals surface area contributed by atoms with Crippen molar-refractivity contribution in [2.75, 3.05) is 6.61 Å². The molecule has 0 atom stereocenters. The van der Waals surface area contributed by atoms with Crippen LogP contribution in [0.15, 0.2) is 22.7 Å². The van der Waals surface area contributed by atoms with Crippen molar-refractivity contribution in [2.45, 2.75) is 33.3 Å². The van der Waals surface area contributed by atoms with Crippen LogP contribution in [0, 0.1) is 0 Å². The Balaban J connectivity index is 2.97. The van der Waals surface area contributed by atoms with Crippen LogP contribution >= 0.6 is 15.9 Å². The SMILES string of the molecule is CC(=O)OCC(=O)c1ccc(Br)c(C(=O)OC(C)(C)C)c1. The minimum atomic E-state index is -0.631. The van der Waals surface area contributed by atoms with Crippen LogP contribution in [-0.4, -0.2) is 29.9 Å². The summed E-state index contributed by atoms with van der Waals surface area (Å²) in [6.07, 6.45) is 0. The molecule has 0 saturated carbocycles. The molecule has 0 saturated heterocycles. The van der Waals surface area contributed by atoms with Crippen LogP contribution in [0.1, 0.15) is 48.4 Å². The third kappa shape index (κ3) is 5.67. The van der Waals surface area contributed by atoms with Crippen molar-refractivity contribution in [3.63, 3.8) is 0 Å². The first-order valence-electron chi connectivity index (χ1n) is 6.29. The predicted molar refractivity (Wildman–Crippen MR) is 80.3 cm³/mol. The number of hydrogen-bond donors (Lipinski definition) is 0. The Bertz CT molecular complexity index is 572. The van der Waals surface area contributed by atoms with E-state index in [1.54, 1.807) is 32.9 Å². The largest absolute Gasteiger partial charge is 0.457 e. The van der Waals surface area contributed by atoms with Gasteiger partial charge < -0.3 is 9.47 Å². The Morgan fingerprint density at radius 1 is 1.19 bits per heavy atom. The summed E-state index contributed by atoms with van der Waals surface area (Å²) in [6, 6.07) is 4.55. The topological polar surface area (TPSA) is 69.7 Å². The molecule has 0 unspecified atom stereocenters. The molecule has 6 heteroatoms. The summed E-state index contributed by atoms with van der Waals surface area (Å²) in [7, 11) is 0. The van der Waals surface area contributed by atoms with Gasteiger partial charge in [-0.25, -0.2) is 4.79 Å². The zero-order valence-electron chi connectivity index (χ0n) is 12.4. The zero-order chi connectivity index (χ0) is 16.2. The quantitative estimate of drug-likeness (QED) is 0.612. The maximum Gasteiger partial charge on any atom is 0.339 e. The molecule has 0 aromatic heterocycles. The molecule has 21 heavy (non-hydrogen) atoms. The standard InChI is InChI=1S/C15H17BrO5/c1-9(17)20-8-13(18)10-5-6-12(16)11(7-10)14(19)21-15(2,3)4/h5-7H,8H2,1-4H3. The van der Waals surface area contributed by atoms with Crippen LogP contribution in [0.3, 0.4) is 0 Å². The highest BCUT2D eigenvalue weighted by Gasteiger charge is 2.21. The number of rotatable bonds is 4. The Labute approximate surface area is 131 Å². The zero-order valence-corrected chi connectivity index (χ0v) is 13.9. The van der Waals surface area contributed by atoms with Crippen molar-refractivity contribution in [2.24, 2.45) is 0 Å². The van der Waals surface area contributed by atoms with Gasteiger partial charge in [0.2, 0.25) is 0 Å². The number of benzene rings is 1. The smallest absolute Gasteiger partial charge is 0.339 e. The van der Waals surface area contributed by atoms with Gasteiger partial charge in [0.25, 0.3) is 0 Å². The Hall–Kier alpha value is -1.69. The number of carbonyl (C=O) groups is 3. The Morgan fingerprint density at radius 3 is 2.33 bits per heavy atom. The summed E-state index contributed by atoms with van der Waals surface area (Å²) in [5.41, 5.74) is -0.104. The number of ketones is 1. The van der Waals surface area contributed by atoms with E-state index in [9.17, 15) is 14.4 Å². The van der Waals surface area contributed by atoms with Crippen LogP contribution < -0.4 is 0 Å². The number of carbonyl (C=O) groups excluding carboxylic acids is 3. The molecule has 0 N–H and O–H groups in total. The lowest BCUT2D eigenvalue weighted by Crippen LogP contribution is -2.24. The lowest BCUT2D eigenvalue weighted by atomic mass is 10.1. The minimum Gasteiger partial charge on any atom is -0.457 e. The van der Waals surface area contributed by atoms with Crippen molar-refractivity contribution < 1.29 is 23.9 Å². The van der Waals surface area contributed by atoms with Crippen molar-refractivity contribution in [1.29, 1.82) is 0 Å². The molecule has 114 valence electrons. The lowest BCUT2D eigenvalue weighted by molar-refractivity contribution is -0.139. The molecule has 0 bridgehead atoms. The van der Waals surface area contributed by atoms with Crippen LogP contribution in [0.2, 0.25) is 0 Å². The maximum absolute atomic E-state index is 12.1. The van der Waals surface area contributed by atoms with Gasteiger partial charge in [0.1, 0.15) is 5.60 Å². The van der Waals surface area contributed by atoms with Crippen LogP contribution in [0.4, 0.5) is 0 Å². The third-order valence-electron chi connectivity index (χ3n) is 2.31. The highest BCUT2D eigenvalue weighted by Crippen LogP contribution is 2.22. The van der Waals surface area contributed by atoms with E-state index < -0.39 is 17.5 Å². The first kappa shape index (κ1) is 17.4. The second-order valence-electron chi connectivity index (χ2n) is 5.40. The second kappa shape index (κ2) is 6.85. The molecule has 0 fully saturated rings. The van der Waals surface area contributed by atoms with Crippen molar-refractivity contribution >= 4 is 33.7 Å². The number of ether oxygens (including phenoxy) is 2. The van der Waals surface area contributed by atoms with Gasteiger partial charge in [-0.15, -0.1) is 0 Å². The predicted octanol–water partition coefficient (Wildman–Crippen LogP) is 3.15. The molecule has 5 nitrogen and oxygen atoms in total. The monoisotopic (exact) mass is 356 g/mol. The van der Waals surface area contributed by atoms with E-state index in [2.05, 4.69) is 20.7 Å². The number of hydrogen-bond acceptors (Lipinski definition) is 5. The highest BCUT2D eigenvalue weighted by atomic mass is 79.9. The van der Waals surface area contributed by atoms with E-state index in [4.69, 9.17) is 4.74 Å². The van der Waals surface area contributed by atoms with Crippen molar-refractivity contribution in [3.05, 3.63) is 33.8 Å². The van der Waals surface area contributed by atoms with Gasteiger partial charge >= 0.3 is 11.9 Å². The molecule has 1 rings (SSSR count). The second-order valence-corrected chi connectivity index (χ2v) is 6.25. The van der Waals surface area contributed by atoms with Crippen LogP contribution in [0.5, 0.6) is 0 Å². The number of halogens is 1. The molecule has 0 aliphatic carbocycles. The van der Waals surface area contributed by atoms with Gasteiger partial charge in [-0.05, 0) is 48.8 Å². The van der Waals surface area contributed by atoms with Gasteiger partial charge in [-0.2, -0.15) is 0 Å². The average molecular weight is 357 g/mol. The molecule has 0 heterocycles. The molecule has 0 aliphatic rings. The fraction of sp³-hybridized carbons (Fsp3) is 0.400. The summed E-state index contributed by atoms with van der Waals surface area (Å²) in [4.78, 5) is 34.7. The average Bonchev–Trinajstić information content (AvgIpc) is 2.34. The van der Waals surface area contributed by atoms with Crippen molar-refractivity contribution in [3.8, 4) is 0 Å². The van der Waals surface area contributed by atoms with E-state index >= 15 is 0 Å². The van der Waals surface area contributed by atoms with Gasteiger partial charge in [0.05, 0.1) is 5.56 Å². The van der Waals surface area contributed by atoms with Crippen LogP contribution in [-0.2, 0) is 14.3 Å². The summed E-state index contributed by atoms with van der Waals surface area (Å²) in [6.45, 7) is 6.14. The molecule has 1 aromatic carbocycles. The van der Waals surface area contributed by atoms with Gasteiger partial charge in [-0.1, -0.05) is 6.07 Å². The van der Waals surface area contributed by atoms with Gasteiger partial charge in [0, 0.05) is 17.0 Å². The summed E-state index contributed by atoms with van der Waals surface area (Å²) in [5, 5.41) is 0. The third-order valence-corrected chi connectivity index (χ3v) is 3.01. The Morgan fingerprint density at radius 2 is 1.81 bits per heavy atom. The van der Waals surface area contributed by atoms with Gasteiger partial charge in [0.15, 0.2) is 12.4 Å². The highest BCUT2D eigenvalue weighted by molar-refractivity contribution is 9.10. The molecular formula is C15H17BrO5.